The van der Waals surface area contributed by atoms with Crippen LogP contribution in [0.1, 0.15) is 13.3 Å². The molecule has 0 saturated heterocycles. The van der Waals surface area contributed by atoms with Crippen molar-refractivity contribution in [2.45, 2.75) is 13.3 Å². The van der Waals surface area contributed by atoms with Gasteiger partial charge in [-0.3, -0.25) is 0 Å². The van der Waals surface area contributed by atoms with Crippen LogP contribution in [0.15, 0.2) is 22.7 Å². The summed E-state index contributed by atoms with van der Waals surface area (Å²) < 4.78 is 40.9. The van der Waals surface area contributed by atoms with Gasteiger partial charge in [-0.25, -0.2) is 17.9 Å². The molecule has 102 valence electrons. The highest BCUT2D eigenvalue weighted by molar-refractivity contribution is 9.10. The van der Waals surface area contributed by atoms with Gasteiger partial charge in [0.25, 0.3) is 0 Å². The van der Waals surface area contributed by atoms with E-state index in [1.807, 2.05) is 6.92 Å². The molecule has 7 heteroatoms. The lowest BCUT2D eigenvalue weighted by Gasteiger charge is -2.14. The van der Waals surface area contributed by atoms with Crippen molar-refractivity contribution in [1.29, 1.82) is 0 Å². The molecule has 2 N–H and O–H groups in total. The van der Waals surface area contributed by atoms with Gasteiger partial charge in [0.1, 0.15) is 11.6 Å². The van der Waals surface area contributed by atoms with E-state index >= 15 is 0 Å². The van der Waals surface area contributed by atoms with Crippen molar-refractivity contribution in [2.24, 2.45) is 11.1 Å². The van der Waals surface area contributed by atoms with Crippen LogP contribution in [0.4, 0.5) is 4.39 Å². The second kappa shape index (κ2) is 6.49. The summed E-state index contributed by atoms with van der Waals surface area (Å²) in [5.41, 5.74) is 0. The van der Waals surface area contributed by atoms with E-state index in [9.17, 15) is 12.8 Å². The summed E-state index contributed by atoms with van der Waals surface area (Å²) in [6.07, 6.45) is 0.620. The number of nitrogens with two attached hydrogens (primary N) is 1. The highest BCUT2D eigenvalue weighted by Crippen LogP contribution is 2.21. The highest BCUT2D eigenvalue weighted by Gasteiger charge is 2.15. The Bertz CT molecular complexity index is 507. The number of ether oxygens (including phenoxy) is 1. The molecule has 0 bridgehead atoms. The number of rotatable bonds is 6. The number of halogens is 2. The molecule has 1 atom stereocenters. The van der Waals surface area contributed by atoms with Crippen LogP contribution in [-0.2, 0) is 10.0 Å². The molecular weight excluding hydrogens is 325 g/mol. The minimum Gasteiger partial charge on any atom is -0.493 e. The first-order valence-corrected chi connectivity index (χ1v) is 7.91. The van der Waals surface area contributed by atoms with Crippen molar-refractivity contribution in [2.75, 3.05) is 12.4 Å². The van der Waals surface area contributed by atoms with Crippen LogP contribution >= 0.6 is 15.9 Å². The first-order chi connectivity index (χ1) is 8.31. The van der Waals surface area contributed by atoms with Crippen LogP contribution in [-0.4, -0.2) is 20.8 Å². The summed E-state index contributed by atoms with van der Waals surface area (Å²) in [6, 6.07) is 4.38. The number of hydrogen-bond acceptors (Lipinski definition) is 3. The molecule has 4 nitrogen and oxygen atoms in total. The summed E-state index contributed by atoms with van der Waals surface area (Å²) >= 11 is 3.04. The van der Waals surface area contributed by atoms with E-state index in [0.29, 0.717) is 16.6 Å². The fraction of sp³-hybridized carbons (Fsp3) is 0.455. The van der Waals surface area contributed by atoms with Gasteiger partial charge in [-0.1, -0.05) is 6.92 Å². The number of primary sulfonamides is 1. The summed E-state index contributed by atoms with van der Waals surface area (Å²) in [6.45, 7) is 2.04. The Balaban J connectivity index is 2.60. The molecule has 1 unspecified atom stereocenters. The molecule has 18 heavy (non-hydrogen) atoms. The van der Waals surface area contributed by atoms with Crippen LogP contribution in [0.25, 0.3) is 0 Å². The van der Waals surface area contributed by atoms with Crippen molar-refractivity contribution >= 4 is 26.0 Å². The highest BCUT2D eigenvalue weighted by atomic mass is 79.9. The fourth-order valence-corrected chi connectivity index (χ4v) is 2.63. The van der Waals surface area contributed by atoms with Gasteiger partial charge in [-0.15, -0.1) is 0 Å². The molecule has 1 aromatic rings. The van der Waals surface area contributed by atoms with Crippen LogP contribution in [0.5, 0.6) is 5.75 Å². The molecule has 0 aliphatic rings. The summed E-state index contributed by atoms with van der Waals surface area (Å²) in [7, 11) is -3.52. The number of benzene rings is 1. The quantitative estimate of drug-likeness (QED) is 0.864. The van der Waals surface area contributed by atoms with E-state index in [2.05, 4.69) is 15.9 Å². The molecule has 0 heterocycles. The average molecular weight is 340 g/mol. The van der Waals surface area contributed by atoms with Crippen molar-refractivity contribution in [3.8, 4) is 5.75 Å². The zero-order valence-electron chi connectivity index (χ0n) is 9.90. The summed E-state index contributed by atoms with van der Waals surface area (Å²) in [5.74, 6) is -0.398. The van der Waals surface area contributed by atoms with Gasteiger partial charge in [0.15, 0.2) is 0 Å². The Labute approximate surface area is 115 Å². The number of hydrogen-bond donors (Lipinski definition) is 1. The molecular formula is C11H15BrFNO3S. The molecule has 0 aromatic heterocycles. The Morgan fingerprint density at radius 1 is 1.50 bits per heavy atom. The van der Waals surface area contributed by atoms with E-state index in [1.165, 1.54) is 12.1 Å². The van der Waals surface area contributed by atoms with E-state index in [-0.39, 0.29) is 18.3 Å². The van der Waals surface area contributed by atoms with Gasteiger partial charge in [-0.2, -0.15) is 0 Å². The third-order valence-corrected chi connectivity index (χ3v) is 4.00. The topological polar surface area (TPSA) is 69.4 Å². The molecule has 0 amide bonds. The van der Waals surface area contributed by atoms with E-state index < -0.39 is 15.8 Å². The van der Waals surface area contributed by atoms with Gasteiger partial charge in [0, 0.05) is 12.0 Å². The lowest BCUT2D eigenvalue weighted by atomic mass is 10.1. The largest absolute Gasteiger partial charge is 0.493 e. The predicted molar refractivity (Wildman–Crippen MR) is 71.4 cm³/mol. The third-order valence-electron chi connectivity index (χ3n) is 2.42. The Morgan fingerprint density at radius 2 is 2.17 bits per heavy atom. The zero-order chi connectivity index (χ0) is 13.8. The maximum atomic E-state index is 13.2. The maximum Gasteiger partial charge on any atom is 0.209 e. The Morgan fingerprint density at radius 3 is 2.67 bits per heavy atom. The minimum absolute atomic E-state index is 0.136. The van der Waals surface area contributed by atoms with Crippen molar-refractivity contribution < 1.29 is 17.5 Å². The maximum absolute atomic E-state index is 13.2. The average Bonchev–Trinajstić information content (AvgIpc) is 2.27. The fourth-order valence-electron chi connectivity index (χ4n) is 1.39. The molecule has 1 rings (SSSR count). The van der Waals surface area contributed by atoms with Gasteiger partial charge >= 0.3 is 0 Å². The molecule has 0 fully saturated rings. The van der Waals surface area contributed by atoms with Gasteiger partial charge in [0.2, 0.25) is 10.0 Å². The Kier molecular flexibility index (Phi) is 5.55. The van der Waals surface area contributed by atoms with Crippen LogP contribution in [0.3, 0.4) is 0 Å². The van der Waals surface area contributed by atoms with Gasteiger partial charge in [-0.05, 0) is 34.5 Å². The van der Waals surface area contributed by atoms with Crippen LogP contribution in [0, 0.1) is 11.7 Å². The zero-order valence-corrected chi connectivity index (χ0v) is 12.3. The van der Waals surface area contributed by atoms with E-state index in [0.717, 1.165) is 0 Å². The van der Waals surface area contributed by atoms with Gasteiger partial charge in [0.05, 0.1) is 16.8 Å². The van der Waals surface area contributed by atoms with Crippen LogP contribution < -0.4 is 9.88 Å². The molecule has 0 radical (unpaired) electrons. The minimum atomic E-state index is -3.52. The lowest BCUT2D eigenvalue weighted by Crippen LogP contribution is -2.26. The molecule has 1 aromatic carbocycles. The third kappa shape index (κ3) is 5.32. The standard InChI is InChI=1S/C11H15BrFNO3S/c1-2-8(7-18(14,15)16)6-17-9-3-4-10(12)11(13)5-9/h3-5,8H,2,6-7H2,1H3,(H2,14,15,16). The molecule has 0 saturated carbocycles. The summed E-state index contributed by atoms with van der Waals surface area (Å²) in [5, 5.41) is 4.98. The molecule has 0 spiro atoms. The van der Waals surface area contributed by atoms with Crippen molar-refractivity contribution in [3.05, 3.63) is 28.5 Å². The monoisotopic (exact) mass is 339 g/mol. The summed E-state index contributed by atoms with van der Waals surface area (Å²) in [4.78, 5) is 0. The Hall–Kier alpha value is -0.660. The first-order valence-electron chi connectivity index (χ1n) is 5.40. The van der Waals surface area contributed by atoms with Crippen LogP contribution in [0.2, 0.25) is 0 Å². The van der Waals surface area contributed by atoms with Gasteiger partial charge < -0.3 is 4.74 Å². The SMILES string of the molecule is CCC(COc1ccc(Br)c(F)c1)CS(N)(=O)=O. The van der Waals surface area contributed by atoms with E-state index in [1.54, 1.807) is 6.07 Å². The first kappa shape index (κ1) is 15.4. The lowest BCUT2D eigenvalue weighted by molar-refractivity contribution is 0.256. The van der Waals surface area contributed by atoms with Crippen molar-refractivity contribution in [1.82, 2.24) is 0 Å². The second-order valence-corrected chi connectivity index (χ2v) is 6.50. The second-order valence-electron chi connectivity index (χ2n) is 3.99. The van der Waals surface area contributed by atoms with E-state index in [4.69, 9.17) is 9.88 Å². The molecule has 0 aliphatic carbocycles. The van der Waals surface area contributed by atoms with Crippen molar-refractivity contribution in [3.63, 3.8) is 0 Å². The molecule has 0 aliphatic heterocycles. The normalized spacial score (nSPS) is 13.3. The smallest absolute Gasteiger partial charge is 0.209 e. The number of sulfonamides is 1. The predicted octanol–water partition coefficient (Wildman–Crippen LogP) is 2.28.